The maximum atomic E-state index is 9.26. The lowest BCUT2D eigenvalue weighted by Crippen LogP contribution is -1.98. The predicted molar refractivity (Wildman–Crippen MR) is 77.2 cm³/mol. The molecule has 1 aromatic carbocycles. The molecule has 0 atom stereocenters. The fourth-order valence-corrected chi connectivity index (χ4v) is 2.56. The third-order valence-electron chi connectivity index (χ3n) is 3.49. The molecule has 1 aliphatic carbocycles. The van der Waals surface area contributed by atoms with Crippen LogP contribution in [0.2, 0.25) is 5.02 Å². The van der Waals surface area contributed by atoms with Gasteiger partial charge in [-0.1, -0.05) is 17.7 Å². The molecule has 0 saturated heterocycles. The molecule has 2 aromatic rings. The van der Waals surface area contributed by atoms with E-state index in [0.717, 1.165) is 36.1 Å². The largest absolute Gasteiger partial charge is 0.437 e. The summed E-state index contributed by atoms with van der Waals surface area (Å²) in [6.45, 7) is 1.94. The van der Waals surface area contributed by atoms with Gasteiger partial charge in [-0.2, -0.15) is 5.26 Å². The zero-order valence-corrected chi connectivity index (χ0v) is 11.9. The van der Waals surface area contributed by atoms with E-state index in [1.807, 2.05) is 25.1 Å². The quantitative estimate of drug-likeness (QED) is 0.830. The van der Waals surface area contributed by atoms with Crippen LogP contribution in [0, 0.1) is 18.3 Å². The minimum Gasteiger partial charge on any atom is -0.437 e. The van der Waals surface area contributed by atoms with Crippen molar-refractivity contribution in [2.45, 2.75) is 26.2 Å². The summed E-state index contributed by atoms with van der Waals surface area (Å²) in [4.78, 5) is 4.50. The molecule has 1 aromatic heterocycles. The molecule has 0 bridgehead atoms. The summed E-state index contributed by atoms with van der Waals surface area (Å²) in [5.41, 5.74) is 3.64. The molecule has 0 aliphatic heterocycles. The van der Waals surface area contributed by atoms with Crippen molar-refractivity contribution in [1.29, 1.82) is 5.26 Å². The van der Waals surface area contributed by atoms with Gasteiger partial charge in [-0.3, -0.25) is 0 Å². The molecule has 100 valence electrons. The van der Waals surface area contributed by atoms with E-state index >= 15 is 0 Å². The average Bonchev–Trinajstić information content (AvgIpc) is 2.89. The average molecular weight is 285 g/mol. The van der Waals surface area contributed by atoms with E-state index in [1.54, 1.807) is 6.07 Å². The van der Waals surface area contributed by atoms with Crippen molar-refractivity contribution < 1.29 is 4.74 Å². The van der Waals surface area contributed by atoms with Crippen LogP contribution >= 0.6 is 11.6 Å². The lowest BCUT2D eigenvalue weighted by molar-refractivity contribution is 0.456. The molecule has 4 heteroatoms. The van der Waals surface area contributed by atoms with Gasteiger partial charge in [0.2, 0.25) is 5.88 Å². The SMILES string of the molecule is Cc1ccc(Cl)cc1Oc1nc2c(cc1C#N)CCC2. The lowest BCUT2D eigenvalue weighted by Gasteiger charge is -2.11. The lowest BCUT2D eigenvalue weighted by atomic mass is 10.1. The first-order chi connectivity index (χ1) is 9.67. The normalized spacial score (nSPS) is 12.8. The third-order valence-corrected chi connectivity index (χ3v) is 3.73. The molecule has 20 heavy (non-hydrogen) atoms. The van der Waals surface area contributed by atoms with E-state index < -0.39 is 0 Å². The summed E-state index contributed by atoms with van der Waals surface area (Å²) >= 11 is 5.99. The minimum absolute atomic E-state index is 0.374. The van der Waals surface area contributed by atoms with E-state index in [1.165, 1.54) is 0 Å². The highest BCUT2D eigenvalue weighted by atomic mass is 35.5. The second kappa shape index (κ2) is 5.15. The van der Waals surface area contributed by atoms with E-state index in [9.17, 15) is 5.26 Å². The van der Waals surface area contributed by atoms with Crippen molar-refractivity contribution in [3.8, 4) is 17.7 Å². The Hall–Kier alpha value is -2.05. The molecule has 0 unspecified atom stereocenters. The van der Waals surface area contributed by atoms with Crippen molar-refractivity contribution >= 4 is 11.6 Å². The maximum absolute atomic E-state index is 9.26. The summed E-state index contributed by atoms with van der Waals surface area (Å²) in [5.74, 6) is 1.01. The number of nitrogens with zero attached hydrogens (tertiary/aromatic N) is 2. The van der Waals surface area contributed by atoms with Gasteiger partial charge in [0.05, 0.1) is 0 Å². The molecule has 1 aliphatic rings. The van der Waals surface area contributed by atoms with Crippen molar-refractivity contribution in [2.75, 3.05) is 0 Å². The summed E-state index contributed by atoms with van der Waals surface area (Å²) < 4.78 is 5.82. The van der Waals surface area contributed by atoms with Gasteiger partial charge in [0.25, 0.3) is 0 Å². The van der Waals surface area contributed by atoms with Gasteiger partial charge in [-0.05, 0) is 55.5 Å². The van der Waals surface area contributed by atoms with Gasteiger partial charge in [0, 0.05) is 10.7 Å². The summed E-state index contributed by atoms with van der Waals surface area (Å²) in [5, 5.41) is 9.86. The van der Waals surface area contributed by atoms with Crippen molar-refractivity contribution in [3.05, 3.63) is 51.7 Å². The van der Waals surface area contributed by atoms with Crippen LogP contribution in [-0.4, -0.2) is 4.98 Å². The molecule has 3 nitrogen and oxygen atoms in total. The molecule has 0 fully saturated rings. The zero-order valence-electron chi connectivity index (χ0n) is 11.1. The van der Waals surface area contributed by atoms with E-state index in [-0.39, 0.29) is 0 Å². The Kier molecular flexibility index (Phi) is 3.33. The number of pyridine rings is 1. The number of hydrogen-bond acceptors (Lipinski definition) is 3. The number of rotatable bonds is 2. The van der Waals surface area contributed by atoms with Crippen LogP contribution in [0.4, 0.5) is 0 Å². The number of nitriles is 1. The highest BCUT2D eigenvalue weighted by molar-refractivity contribution is 6.30. The Morgan fingerprint density at radius 1 is 1.30 bits per heavy atom. The molecule has 0 saturated carbocycles. The number of aromatic nitrogens is 1. The standard InChI is InChI=1S/C16H13ClN2O/c1-10-5-6-13(17)8-15(10)20-16-12(9-18)7-11-3-2-4-14(11)19-16/h5-8H,2-4H2,1H3. The second-order valence-electron chi connectivity index (χ2n) is 4.92. The third kappa shape index (κ3) is 2.35. The van der Waals surface area contributed by atoms with Crippen LogP contribution < -0.4 is 4.74 Å². The molecular weight excluding hydrogens is 272 g/mol. The van der Waals surface area contributed by atoms with Gasteiger partial charge in [-0.25, -0.2) is 4.98 Å². The minimum atomic E-state index is 0.374. The summed E-state index contributed by atoms with van der Waals surface area (Å²) in [6.07, 6.45) is 3.03. The monoisotopic (exact) mass is 284 g/mol. The number of fused-ring (bicyclic) bond motifs is 1. The van der Waals surface area contributed by atoms with Crippen LogP contribution in [0.3, 0.4) is 0 Å². The fourth-order valence-electron chi connectivity index (χ4n) is 2.40. The van der Waals surface area contributed by atoms with E-state index in [2.05, 4.69) is 11.1 Å². The Morgan fingerprint density at radius 2 is 2.15 bits per heavy atom. The van der Waals surface area contributed by atoms with Crippen molar-refractivity contribution in [2.24, 2.45) is 0 Å². The first-order valence-corrected chi connectivity index (χ1v) is 6.92. The Bertz CT molecular complexity index is 719. The van der Waals surface area contributed by atoms with Crippen LogP contribution in [0.5, 0.6) is 11.6 Å². The zero-order chi connectivity index (χ0) is 14.1. The van der Waals surface area contributed by atoms with Gasteiger partial charge < -0.3 is 4.74 Å². The smallest absolute Gasteiger partial charge is 0.237 e. The fraction of sp³-hybridized carbons (Fsp3) is 0.250. The van der Waals surface area contributed by atoms with Crippen LogP contribution in [0.15, 0.2) is 24.3 Å². The van der Waals surface area contributed by atoms with Gasteiger partial charge in [0.1, 0.15) is 17.4 Å². The molecule has 1 heterocycles. The first kappa shape index (κ1) is 13.0. The summed E-state index contributed by atoms with van der Waals surface area (Å²) in [6, 6.07) is 9.49. The number of benzene rings is 1. The molecule has 0 amide bonds. The molecule has 0 N–H and O–H groups in total. The molecule has 0 radical (unpaired) electrons. The molecule has 3 rings (SSSR count). The molecular formula is C16H13ClN2O. The number of ether oxygens (including phenoxy) is 1. The van der Waals surface area contributed by atoms with Gasteiger partial charge in [0.15, 0.2) is 0 Å². The molecule has 0 spiro atoms. The number of halogens is 1. The highest BCUT2D eigenvalue weighted by Gasteiger charge is 2.18. The first-order valence-electron chi connectivity index (χ1n) is 6.54. The van der Waals surface area contributed by atoms with Crippen molar-refractivity contribution in [1.82, 2.24) is 4.98 Å². The Morgan fingerprint density at radius 3 is 2.95 bits per heavy atom. The Balaban J connectivity index is 2.02. The van der Waals surface area contributed by atoms with Gasteiger partial charge >= 0.3 is 0 Å². The van der Waals surface area contributed by atoms with E-state index in [0.29, 0.717) is 22.2 Å². The number of hydrogen-bond donors (Lipinski definition) is 0. The predicted octanol–water partition coefficient (Wildman–Crippen LogP) is 4.20. The Labute approximate surface area is 122 Å². The van der Waals surface area contributed by atoms with Gasteiger partial charge in [-0.15, -0.1) is 0 Å². The second-order valence-corrected chi connectivity index (χ2v) is 5.36. The van der Waals surface area contributed by atoms with Crippen LogP contribution in [-0.2, 0) is 12.8 Å². The van der Waals surface area contributed by atoms with Crippen LogP contribution in [0.25, 0.3) is 0 Å². The van der Waals surface area contributed by atoms with E-state index in [4.69, 9.17) is 16.3 Å². The summed E-state index contributed by atoms with van der Waals surface area (Å²) in [7, 11) is 0. The topological polar surface area (TPSA) is 45.9 Å². The maximum Gasteiger partial charge on any atom is 0.237 e. The van der Waals surface area contributed by atoms with Crippen LogP contribution in [0.1, 0.15) is 28.8 Å². The highest BCUT2D eigenvalue weighted by Crippen LogP contribution is 2.31. The number of aryl methyl sites for hydroxylation is 3. The van der Waals surface area contributed by atoms with Crippen molar-refractivity contribution in [3.63, 3.8) is 0 Å².